The highest BCUT2D eigenvalue weighted by Gasteiger charge is 2.11. The molecule has 0 aliphatic heterocycles. The van der Waals surface area contributed by atoms with Gasteiger partial charge in [0.25, 0.3) is 0 Å². The van der Waals surface area contributed by atoms with E-state index < -0.39 is 0 Å². The zero-order chi connectivity index (χ0) is 15.1. The number of pyridine rings is 1. The van der Waals surface area contributed by atoms with Crippen molar-refractivity contribution in [3.63, 3.8) is 0 Å². The Labute approximate surface area is 127 Å². The Bertz CT molecular complexity index is 874. The number of aromatic nitrogens is 2. The van der Waals surface area contributed by atoms with Crippen LogP contribution < -0.4 is 5.43 Å². The molecule has 0 amide bonds. The van der Waals surface area contributed by atoms with Gasteiger partial charge in [0.1, 0.15) is 0 Å². The molecule has 3 rings (SSSR count). The molecular weight excluding hydrogens is 280 g/mol. The number of hydrogen-bond donors (Lipinski definition) is 1. The Morgan fingerprint density at radius 1 is 1.24 bits per heavy atom. The van der Waals surface area contributed by atoms with Gasteiger partial charge in [0.05, 0.1) is 21.9 Å². The number of nitrogens with one attached hydrogen (secondary N) is 1. The topological polar surface area (TPSA) is 45.8 Å². The number of hydrogen-bond acceptors (Lipinski definition) is 3. The van der Waals surface area contributed by atoms with Crippen LogP contribution in [0.3, 0.4) is 0 Å². The number of benzene rings is 1. The SMILES string of the molecule is Cc1ccc2c(=O)cc(-c3csc(C(C)C)n3)[nH]c2c1C. The van der Waals surface area contributed by atoms with E-state index in [0.717, 1.165) is 32.9 Å². The van der Waals surface area contributed by atoms with Crippen molar-refractivity contribution in [2.24, 2.45) is 0 Å². The van der Waals surface area contributed by atoms with Crippen molar-refractivity contribution in [2.45, 2.75) is 33.6 Å². The lowest BCUT2D eigenvalue weighted by atomic mass is 10.0. The second-order valence-corrected chi connectivity index (χ2v) is 6.59. The average Bonchev–Trinajstić information content (AvgIpc) is 2.93. The Hall–Kier alpha value is -1.94. The molecule has 0 unspecified atom stereocenters. The molecule has 4 heteroatoms. The summed E-state index contributed by atoms with van der Waals surface area (Å²) in [6, 6.07) is 5.53. The molecule has 0 atom stereocenters. The van der Waals surface area contributed by atoms with Gasteiger partial charge in [0.15, 0.2) is 5.43 Å². The monoisotopic (exact) mass is 298 g/mol. The molecule has 3 nitrogen and oxygen atoms in total. The summed E-state index contributed by atoms with van der Waals surface area (Å²) in [5.41, 5.74) is 4.90. The van der Waals surface area contributed by atoms with Crippen LogP contribution in [0.5, 0.6) is 0 Å². The maximum Gasteiger partial charge on any atom is 0.190 e. The fourth-order valence-corrected chi connectivity index (χ4v) is 3.21. The second-order valence-electron chi connectivity index (χ2n) is 5.70. The quantitative estimate of drug-likeness (QED) is 0.762. The van der Waals surface area contributed by atoms with Crippen molar-refractivity contribution in [1.82, 2.24) is 9.97 Å². The molecule has 0 saturated heterocycles. The molecule has 0 fully saturated rings. The largest absolute Gasteiger partial charge is 0.353 e. The first-order valence-electron chi connectivity index (χ1n) is 7.06. The van der Waals surface area contributed by atoms with Crippen molar-refractivity contribution < 1.29 is 0 Å². The number of thiazole rings is 1. The van der Waals surface area contributed by atoms with Crippen molar-refractivity contribution in [3.05, 3.63) is 49.9 Å². The number of H-pyrrole nitrogens is 1. The van der Waals surface area contributed by atoms with Gasteiger partial charge >= 0.3 is 0 Å². The van der Waals surface area contributed by atoms with Gasteiger partial charge in [0.2, 0.25) is 0 Å². The summed E-state index contributed by atoms with van der Waals surface area (Å²) >= 11 is 1.64. The fourth-order valence-electron chi connectivity index (χ4n) is 2.38. The third kappa shape index (κ3) is 2.40. The van der Waals surface area contributed by atoms with E-state index in [1.165, 1.54) is 5.56 Å². The zero-order valence-corrected chi connectivity index (χ0v) is 13.5. The number of aromatic amines is 1. The minimum Gasteiger partial charge on any atom is -0.353 e. The van der Waals surface area contributed by atoms with Crippen LogP contribution in [0.15, 0.2) is 28.4 Å². The van der Waals surface area contributed by atoms with Crippen LogP contribution in [0.4, 0.5) is 0 Å². The highest BCUT2D eigenvalue weighted by molar-refractivity contribution is 7.10. The van der Waals surface area contributed by atoms with Gasteiger partial charge in [-0.15, -0.1) is 11.3 Å². The highest BCUT2D eigenvalue weighted by Crippen LogP contribution is 2.26. The maximum absolute atomic E-state index is 12.3. The van der Waals surface area contributed by atoms with E-state index in [-0.39, 0.29) is 5.43 Å². The molecule has 3 aromatic rings. The lowest BCUT2D eigenvalue weighted by Crippen LogP contribution is -2.05. The molecule has 1 N–H and O–H groups in total. The average molecular weight is 298 g/mol. The minimum atomic E-state index is 0.0425. The van der Waals surface area contributed by atoms with Crippen LogP contribution in [0.2, 0.25) is 0 Å². The van der Waals surface area contributed by atoms with Crippen molar-refractivity contribution >= 4 is 22.2 Å². The van der Waals surface area contributed by atoms with Gasteiger partial charge in [-0.1, -0.05) is 19.9 Å². The normalized spacial score (nSPS) is 11.5. The summed E-state index contributed by atoms with van der Waals surface area (Å²) in [7, 11) is 0. The molecular formula is C17H18N2OS. The summed E-state index contributed by atoms with van der Waals surface area (Å²) in [5.74, 6) is 0.403. The van der Waals surface area contributed by atoms with Crippen LogP contribution in [0, 0.1) is 13.8 Å². The molecule has 108 valence electrons. The van der Waals surface area contributed by atoms with Gasteiger partial charge in [-0.3, -0.25) is 4.79 Å². The van der Waals surface area contributed by atoms with Gasteiger partial charge in [-0.05, 0) is 31.0 Å². The summed E-state index contributed by atoms with van der Waals surface area (Å²) in [6.07, 6.45) is 0. The Balaban J connectivity index is 2.24. The standard InChI is InChI=1S/C17H18N2OS/c1-9(2)17-19-14(8-21-17)13-7-15(20)12-6-5-10(3)11(4)16(12)18-13/h5-9H,1-4H3,(H,18,20). The van der Waals surface area contributed by atoms with E-state index >= 15 is 0 Å². The van der Waals surface area contributed by atoms with Crippen molar-refractivity contribution in [3.8, 4) is 11.4 Å². The predicted octanol–water partition coefficient (Wildman–Crippen LogP) is 4.39. The fraction of sp³-hybridized carbons (Fsp3) is 0.294. The third-order valence-corrected chi connectivity index (χ3v) is 4.97. The molecule has 0 saturated carbocycles. The molecule has 1 aromatic carbocycles. The van der Waals surface area contributed by atoms with Crippen LogP contribution >= 0.6 is 11.3 Å². The first-order chi connectivity index (χ1) is 9.97. The summed E-state index contributed by atoms with van der Waals surface area (Å²) < 4.78 is 0. The Kier molecular flexibility index (Phi) is 3.41. The molecule has 21 heavy (non-hydrogen) atoms. The molecule has 0 aliphatic carbocycles. The molecule has 0 radical (unpaired) electrons. The van der Waals surface area contributed by atoms with Crippen LogP contribution in [0.1, 0.15) is 35.9 Å². The molecule has 2 aromatic heterocycles. The van der Waals surface area contributed by atoms with E-state index in [0.29, 0.717) is 5.92 Å². The highest BCUT2D eigenvalue weighted by atomic mass is 32.1. The lowest BCUT2D eigenvalue weighted by Gasteiger charge is -2.07. The third-order valence-electron chi connectivity index (χ3n) is 3.83. The number of aryl methyl sites for hydroxylation is 2. The molecule has 0 bridgehead atoms. The smallest absolute Gasteiger partial charge is 0.190 e. The van der Waals surface area contributed by atoms with Crippen LogP contribution in [-0.4, -0.2) is 9.97 Å². The number of rotatable bonds is 2. The lowest BCUT2D eigenvalue weighted by molar-refractivity contribution is 0.853. The van der Waals surface area contributed by atoms with E-state index in [2.05, 4.69) is 30.7 Å². The van der Waals surface area contributed by atoms with Gasteiger partial charge in [0, 0.05) is 22.8 Å². The minimum absolute atomic E-state index is 0.0425. The van der Waals surface area contributed by atoms with Crippen molar-refractivity contribution in [1.29, 1.82) is 0 Å². The Morgan fingerprint density at radius 3 is 2.67 bits per heavy atom. The number of nitrogens with zero attached hydrogens (tertiary/aromatic N) is 1. The first kappa shape index (κ1) is 14.0. The molecule has 0 spiro atoms. The summed E-state index contributed by atoms with van der Waals surface area (Å²) in [6.45, 7) is 8.34. The van der Waals surface area contributed by atoms with Gasteiger partial charge in [-0.2, -0.15) is 0 Å². The van der Waals surface area contributed by atoms with E-state index in [9.17, 15) is 4.79 Å². The summed E-state index contributed by atoms with van der Waals surface area (Å²) in [5, 5.41) is 3.84. The molecule has 2 heterocycles. The second kappa shape index (κ2) is 5.11. The first-order valence-corrected chi connectivity index (χ1v) is 7.94. The van der Waals surface area contributed by atoms with Crippen molar-refractivity contribution in [2.75, 3.05) is 0 Å². The molecule has 0 aliphatic rings. The predicted molar refractivity (Wildman–Crippen MR) is 89.2 cm³/mol. The number of fused-ring (bicyclic) bond motifs is 1. The van der Waals surface area contributed by atoms with E-state index in [4.69, 9.17) is 0 Å². The zero-order valence-electron chi connectivity index (χ0n) is 12.7. The van der Waals surface area contributed by atoms with E-state index in [1.807, 2.05) is 24.4 Å². The maximum atomic E-state index is 12.3. The van der Waals surface area contributed by atoms with Gasteiger partial charge < -0.3 is 4.98 Å². The van der Waals surface area contributed by atoms with Crippen LogP contribution in [-0.2, 0) is 0 Å². The van der Waals surface area contributed by atoms with E-state index in [1.54, 1.807) is 17.4 Å². The van der Waals surface area contributed by atoms with Gasteiger partial charge in [-0.25, -0.2) is 4.98 Å². The summed E-state index contributed by atoms with van der Waals surface area (Å²) in [4.78, 5) is 20.4. The van der Waals surface area contributed by atoms with Crippen LogP contribution in [0.25, 0.3) is 22.3 Å². The Morgan fingerprint density at radius 2 is 2.00 bits per heavy atom.